The molecular formula is C20H27N3O2S2. The standard InChI is InChI=1S/C20H27N3O2S2/c1-4-10-21-16(24)12-26-20-22-18-17(14-7-5-6-8-15(14)27-18)19(25)23(20)11-9-13(2)3/h4,13H,1,5-12H2,2-3H3,(H,21,24). The number of rotatable bonds is 8. The zero-order chi connectivity index (χ0) is 19.4. The number of carbonyl (C=O) groups excluding carboxylic acids is 1. The summed E-state index contributed by atoms with van der Waals surface area (Å²) in [5.41, 5.74) is 1.28. The highest BCUT2D eigenvalue weighted by Gasteiger charge is 2.22. The predicted molar refractivity (Wildman–Crippen MR) is 114 cm³/mol. The minimum absolute atomic E-state index is 0.0639. The van der Waals surface area contributed by atoms with Crippen LogP contribution in [0.4, 0.5) is 0 Å². The average Bonchev–Trinajstić information content (AvgIpc) is 3.02. The van der Waals surface area contributed by atoms with Crippen molar-refractivity contribution >= 4 is 39.2 Å². The molecule has 0 aromatic carbocycles. The lowest BCUT2D eigenvalue weighted by Crippen LogP contribution is -2.27. The van der Waals surface area contributed by atoms with Gasteiger partial charge in [-0.05, 0) is 43.6 Å². The van der Waals surface area contributed by atoms with Crippen LogP contribution in [-0.2, 0) is 24.2 Å². The summed E-state index contributed by atoms with van der Waals surface area (Å²) in [5.74, 6) is 0.673. The Morgan fingerprint density at radius 3 is 2.93 bits per heavy atom. The number of aryl methyl sites for hydroxylation is 2. The van der Waals surface area contributed by atoms with E-state index in [1.165, 1.54) is 28.6 Å². The quantitative estimate of drug-likeness (QED) is 0.412. The summed E-state index contributed by atoms with van der Waals surface area (Å²) in [4.78, 5) is 32.3. The van der Waals surface area contributed by atoms with Gasteiger partial charge in [-0.15, -0.1) is 17.9 Å². The van der Waals surface area contributed by atoms with Crippen LogP contribution in [0.3, 0.4) is 0 Å². The van der Waals surface area contributed by atoms with Crippen LogP contribution in [0.25, 0.3) is 10.2 Å². The molecule has 0 atom stereocenters. The summed E-state index contributed by atoms with van der Waals surface area (Å²) >= 11 is 3.00. The first-order chi connectivity index (χ1) is 13.0. The smallest absolute Gasteiger partial charge is 0.263 e. The number of carbonyl (C=O) groups is 1. The lowest BCUT2D eigenvalue weighted by molar-refractivity contribution is -0.118. The van der Waals surface area contributed by atoms with Gasteiger partial charge in [-0.2, -0.15) is 0 Å². The summed E-state index contributed by atoms with van der Waals surface area (Å²) in [7, 11) is 0. The molecule has 0 fully saturated rings. The number of amides is 1. The average molecular weight is 406 g/mol. The van der Waals surface area contributed by atoms with Gasteiger partial charge in [0.05, 0.1) is 11.1 Å². The molecule has 0 saturated carbocycles. The van der Waals surface area contributed by atoms with E-state index in [0.717, 1.165) is 35.9 Å². The summed E-state index contributed by atoms with van der Waals surface area (Å²) < 4.78 is 1.79. The lowest BCUT2D eigenvalue weighted by Gasteiger charge is -2.14. The van der Waals surface area contributed by atoms with E-state index in [0.29, 0.717) is 24.2 Å². The molecule has 2 aromatic heterocycles. The van der Waals surface area contributed by atoms with Gasteiger partial charge >= 0.3 is 0 Å². The molecule has 0 saturated heterocycles. The molecule has 0 unspecified atom stereocenters. The van der Waals surface area contributed by atoms with Gasteiger partial charge in [0, 0.05) is 18.0 Å². The third-order valence-electron chi connectivity index (χ3n) is 4.75. The molecule has 5 nitrogen and oxygen atoms in total. The third kappa shape index (κ3) is 4.63. The molecule has 1 aliphatic rings. The summed E-state index contributed by atoms with van der Waals surface area (Å²) in [6.07, 6.45) is 6.93. The van der Waals surface area contributed by atoms with Crippen LogP contribution in [0.1, 0.15) is 43.6 Å². The first-order valence-electron chi connectivity index (χ1n) is 9.56. The molecule has 27 heavy (non-hydrogen) atoms. The van der Waals surface area contributed by atoms with Crippen LogP contribution in [0, 0.1) is 5.92 Å². The normalized spacial score (nSPS) is 13.7. The Balaban J connectivity index is 1.96. The van der Waals surface area contributed by atoms with E-state index < -0.39 is 0 Å². The second-order valence-corrected chi connectivity index (χ2v) is 9.33. The molecule has 7 heteroatoms. The number of hydrogen-bond donors (Lipinski definition) is 1. The maximum Gasteiger partial charge on any atom is 0.263 e. The fourth-order valence-corrected chi connectivity index (χ4v) is 5.44. The Bertz CT molecular complexity index is 899. The zero-order valence-electron chi connectivity index (χ0n) is 16.0. The Morgan fingerprint density at radius 1 is 1.41 bits per heavy atom. The van der Waals surface area contributed by atoms with Crippen molar-refractivity contribution in [1.82, 2.24) is 14.9 Å². The van der Waals surface area contributed by atoms with E-state index in [4.69, 9.17) is 4.98 Å². The van der Waals surface area contributed by atoms with Gasteiger partial charge < -0.3 is 5.32 Å². The maximum atomic E-state index is 13.3. The minimum atomic E-state index is -0.0740. The second-order valence-electron chi connectivity index (χ2n) is 7.31. The fraction of sp³-hybridized carbons (Fsp3) is 0.550. The molecular weight excluding hydrogens is 378 g/mol. The van der Waals surface area contributed by atoms with Crippen LogP contribution in [0.15, 0.2) is 22.6 Å². The van der Waals surface area contributed by atoms with Crippen LogP contribution < -0.4 is 10.9 Å². The van der Waals surface area contributed by atoms with Gasteiger partial charge in [-0.1, -0.05) is 31.7 Å². The molecule has 0 aliphatic heterocycles. The van der Waals surface area contributed by atoms with Gasteiger partial charge in [-0.25, -0.2) is 4.98 Å². The maximum absolute atomic E-state index is 13.3. The van der Waals surface area contributed by atoms with Crippen molar-refractivity contribution in [3.05, 3.63) is 33.4 Å². The molecule has 0 bridgehead atoms. The summed E-state index contributed by atoms with van der Waals surface area (Å²) in [6.45, 7) is 9.00. The number of aromatic nitrogens is 2. The Morgan fingerprint density at radius 2 is 2.19 bits per heavy atom. The fourth-order valence-electron chi connectivity index (χ4n) is 3.28. The van der Waals surface area contributed by atoms with E-state index in [1.807, 2.05) is 0 Å². The Kier molecular flexibility index (Phi) is 6.76. The van der Waals surface area contributed by atoms with E-state index in [9.17, 15) is 9.59 Å². The molecule has 0 radical (unpaired) electrons. The van der Waals surface area contributed by atoms with Crippen molar-refractivity contribution in [2.75, 3.05) is 12.3 Å². The van der Waals surface area contributed by atoms with Gasteiger partial charge in [-0.3, -0.25) is 14.2 Å². The van der Waals surface area contributed by atoms with Crippen molar-refractivity contribution in [3.8, 4) is 0 Å². The molecule has 1 N–H and O–H groups in total. The van der Waals surface area contributed by atoms with Crippen LogP contribution >= 0.6 is 23.1 Å². The highest BCUT2D eigenvalue weighted by molar-refractivity contribution is 7.99. The van der Waals surface area contributed by atoms with Crippen molar-refractivity contribution < 1.29 is 4.79 Å². The topological polar surface area (TPSA) is 64.0 Å². The number of thioether (sulfide) groups is 1. The summed E-state index contributed by atoms with van der Waals surface area (Å²) in [5, 5.41) is 4.25. The van der Waals surface area contributed by atoms with E-state index in [-0.39, 0.29) is 17.2 Å². The van der Waals surface area contributed by atoms with Gasteiger partial charge in [0.1, 0.15) is 4.83 Å². The number of nitrogens with one attached hydrogen (secondary N) is 1. The second kappa shape index (κ2) is 9.06. The Hall–Kier alpha value is -1.60. The van der Waals surface area contributed by atoms with E-state index in [2.05, 4.69) is 25.7 Å². The van der Waals surface area contributed by atoms with Gasteiger partial charge in [0.2, 0.25) is 5.91 Å². The molecule has 146 valence electrons. The molecule has 2 heterocycles. The third-order valence-corrected chi connectivity index (χ3v) is 6.91. The molecule has 2 aromatic rings. The highest BCUT2D eigenvalue weighted by atomic mass is 32.2. The van der Waals surface area contributed by atoms with Crippen LogP contribution in [-0.4, -0.2) is 27.8 Å². The number of hydrogen-bond acceptors (Lipinski definition) is 5. The van der Waals surface area contributed by atoms with E-state index in [1.54, 1.807) is 22.0 Å². The number of nitrogens with zero attached hydrogens (tertiary/aromatic N) is 2. The van der Waals surface area contributed by atoms with Crippen molar-refractivity contribution in [3.63, 3.8) is 0 Å². The van der Waals surface area contributed by atoms with Crippen molar-refractivity contribution in [1.29, 1.82) is 0 Å². The Labute approximate surface area is 168 Å². The molecule has 1 amide bonds. The van der Waals surface area contributed by atoms with Crippen molar-refractivity contribution in [2.45, 2.75) is 57.7 Å². The molecule has 3 rings (SSSR count). The first kappa shape index (κ1) is 20.1. The minimum Gasteiger partial charge on any atom is -0.352 e. The lowest BCUT2D eigenvalue weighted by atomic mass is 9.97. The number of fused-ring (bicyclic) bond motifs is 3. The van der Waals surface area contributed by atoms with Crippen LogP contribution in [0.5, 0.6) is 0 Å². The zero-order valence-corrected chi connectivity index (χ0v) is 17.7. The van der Waals surface area contributed by atoms with Gasteiger partial charge in [0.25, 0.3) is 5.56 Å². The van der Waals surface area contributed by atoms with Crippen molar-refractivity contribution in [2.24, 2.45) is 5.92 Å². The SMILES string of the molecule is C=CCNC(=O)CSc1nc2sc3c(c2c(=O)n1CCC(C)C)CCCC3. The summed E-state index contributed by atoms with van der Waals surface area (Å²) in [6, 6.07) is 0. The largest absolute Gasteiger partial charge is 0.352 e. The highest BCUT2D eigenvalue weighted by Crippen LogP contribution is 2.34. The predicted octanol–water partition coefficient (Wildman–Crippen LogP) is 3.78. The number of thiophene rings is 1. The first-order valence-corrected chi connectivity index (χ1v) is 11.4. The molecule has 0 spiro atoms. The van der Waals surface area contributed by atoms with E-state index >= 15 is 0 Å². The monoisotopic (exact) mass is 405 g/mol. The van der Waals surface area contributed by atoms with Gasteiger partial charge in [0.15, 0.2) is 5.16 Å². The van der Waals surface area contributed by atoms with Crippen LogP contribution in [0.2, 0.25) is 0 Å². The molecule has 1 aliphatic carbocycles.